The molecule has 2 heteroatoms. The topological polar surface area (TPSA) is 18.5 Å². The zero-order chi connectivity index (χ0) is 11.5. The van der Waals surface area contributed by atoms with Gasteiger partial charge in [0.2, 0.25) is 0 Å². The summed E-state index contributed by atoms with van der Waals surface area (Å²) in [6, 6.07) is 8.03. The van der Waals surface area contributed by atoms with Crippen LogP contribution in [0.25, 0.3) is 0 Å². The molecule has 16 heavy (non-hydrogen) atoms. The molecule has 1 saturated heterocycles. The molecule has 1 aliphatic rings. The zero-order valence-electron chi connectivity index (χ0n) is 9.90. The first-order chi connectivity index (χ1) is 7.70. The summed E-state index contributed by atoms with van der Waals surface area (Å²) in [5.41, 5.74) is 2.38. The van der Waals surface area contributed by atoms with Crippen LogP contribution in [0.1, 0.15) is 31.4 Å². The van der Waals surface area contributed by atoms with Gasteiger partial charge in [-0.05, 0) is 25.8 Å². The van der Waals surface area contributed by atoms with Crippen molar-refractivity contribution in [2.24, 2.45) is 0 Å². The molecule has 1 fully saturated rings. The average Bonchev–Trinajstić information content (AvgIpc) is 2.27. The van der Waals surface area contributed by atoms with Crippen molar-refractivity contribution in [3.05, 3.63) is 42.0 Å². The number of ether oxygens (including phenoxy) is 2. The van der Waals surface area contributed by atoms with Crippen molar-refractivity contribution in [1.29, 1.82) is 0 Å². The van der Waals surface area contributed by atoms with Gasteiger partial charge in [0.25, 0.3) is 0 Å². The van der Waals surface area contributed by atoms with Gasteiger partial charge in [-0.25, -0.2) is 0 Å². The van der Waals surface area contributed by atoms with E-state index in [2.05, 4.69) is 19.6 Å². The molecule has 1 heterocycles. The van der Waals surface area contributed by atoms with E-state index in [1.54, 1.807) is 7.11 Å². The molecular weight excluding hydrogens is 200 g/mol. The van der Waals surface area contributed by atoms with Crippen LogP contribution in [0.5, 0.6) is 5.75 Å². The van der Waals surface area contributed by atoms with Gasteiger partial charge in [-0.15, -0.1) is 0 Å². The lowest BCUT2D eigenvalue weighted by Crippen LogP contribution is -2.21. The molecule has 0 aromatic heterocycles. The largest absolute Gasteiger partial charge is 0.496 e. The van der Waals surface area contributed by atoms with Gasteiger partial charge < -0.3 is 9.47 Å². The second-order valence-electron chi connectivity index (χ2n) is 4.34. The predicted molar refractivity (Wildman–Crippen MR) is 64.7 cm³/mol. The molecule has 1 aromatic carbocycles. The summed E-state index contributed by atoms with van der Waals surface area (Å²) < 4.78 is 11.3. The average molecular weight is 218 g/mol. The lowest BCUT2D eigenvalue weighted by atomic mass is 9.95. The van der Waals surface area contributed by atoms with Gasteiger partial charge in [0.05, 0.1) is 19.3 Å². The number of para-hydroxylation sites is 1. The van der Waals surface area contributed by atoms with E-state index in [9.17, 15) is 0 Å². The third kappa shape index (κ3) is 2.27. The molecule has 0 N–H and O–H groups in total. The minimum Gasteiger partial charge on any atom is -0.496 e. The van der Waals surface area contributed by atoms with Crippen LogP contribution < -0.4 is 4.74 Å². The van der Waals surface area contributed by atoms with E-state index in [0.29, 0.717) is 0 Å². The molecule has 86 valence electrons. The molecule has 0 bridgehead atoms. The molecule has 2 atom stereocenters. The van der Waals surface area contributed by atoms with Crippen molar-refractivity contribution in [3.8, 4) is 5.75 Å². The van der Waals surface area contributed by atoms with Crippen molar-refractivity contribution in [3.63, 3.8) is 0 Å². The van der Waals surface area contributed by atoms with Crippen LogP contribution in [0.2, 0.25) is 0 Å². The van der Waals surface area contributed by atoms with Gasteiger partial charge in [-0.1, -0.05) is 30.4 Å². The molecule has 0 unspecified atom stereocenters. The minimum absolute atomic E-state index is 0.0902. The summed E-state index contributed by atoms with van der Waals surface area (Å²) in [6.45, 7) is 6.17. The van der Waals surface area contributed by atoms with Gasteiger partial charge in [0, 0.05) is 5.56 Å². The third-order valence-electron chi connectivity index (χ3n) is 2.93. The van der Waals surface area contributed by atoms with Gasteiger partial charge >= 0.3 is 0 Å². The van der Waals surface area contributed by atoms with Gasteiger partial charge in [-0.3, -0.25) is 0 Å². The normalized spacial score (nSPS) is 25.5. The molecule has 1 aliphatic heterocycles. The Morgan fingerprint density at radius 1 is 1.31 bits per heavy atom. The monoisotopic (exact) mass is 218 g/mol. The Balaban J connectivity index is 2.25. The summed E-state index contributed by atoms with van der Waals surface area (Å²) in [4.78, 5) is 0. The Labute approximate surface area is 96.9 Å². The first kappa shape index (κ1) is 11.2. The molecule has 0 amide bonds. The third-order valence-corrected chi connectivity index (χ3v) is 2.93. The van der Waals surface area contributed by atoms with Crippen molar-refractivity contribution < 1.29 is 9.47 Å². The highest BCUT2D eigenvalue weighted by Crippen LogP contribution is 2.37. The fourth-order valence-electron chi connectivity index (χ4n) is 2.24. The quantitative estimate of drug-likeness (QED) is 0.707. The Morgan fingerprint density at radius 2 is 2.06 bits per heavy atom. The fourth-order valence-corrected chi connectivity index (χ4v) is 2.24. The Hall–Kier alpha value is -1.28. The van der Waals surface area contributed by atoms with Crippen molar-refractivity contribution in [2.45, 2.75) is 32.0 Å². The van der Waals surface area contributed by atoms with Crippen LogP contribution >= 0.6 is 0 Å². The van der Waals surface area contributed by atoms with Crippen molar-refractivity contribution in [1.82, 2.24) is 0 Å². The summed E-state index contributed by atoms with van der Waals surface area (Å²) in [5.74, 6) is 0.898. The minimum atomic E-state index is 0.0902. The van der Waals surface area contributed by atoms with Crippen LogP contribution in [0.4, 0.5) is 0 Å². The van der Waals surface area contributed by atoms with Gasteiger partial charge in [-0.2, -0.15) is 0 Å². The number of benzene rings is 1. The lowest BCUT2D eigenvalue weighted by molar-refractivity contribution is -0.0234. The highest BCUT2D eigenvalue weighted by atomic mass is 16.5. The molecular formula is C14H18O2. The molecule has 0 aliphatic carbocycles. The van der Waals surface area contributed by atoms with Crippen LogP contribution in [-0.2, 0) is 4.74 Å². The zero-order valence-corrected chi connectivity index (χ0v) is 9.90. The molecule has 0 spiro atoms. The number of hydrogen-bond acceptors (Lipinski definition) is 2. The molecule has 2 nitrogen and oxygen atoms in total. The maximum absolute atomic E-state index is 5.94. The Kier molecular flexibility index (Phi) is 3.30. The van der Waals surface area contributed by atoms with E-state index >= 15 is 0 Å². The summed E-state index contributed by atoms with van der Waals surface area (Å²) in [6.07, 6.45) is 2.19. The second-order valence-corrected chi connectivity index (χ2v) is 4.34. The fraction of sp³-hybridized carbons (Fsp3) is 0.429. The van der Waals surface area contributed by atoms with E-state index in [0.717, 1.165) is 24.2 Å². The van der Waals surface area contributed by atoms with Crippen molar-refractivity contribution >= 4 is 0 Å². The lowest BCUT2D eigenvalue weighted by Gasteiger charge is -2.30. The molecule has 0 saturated carbocycles. The first-order valence-corrected chi connectivity index (χ1v) is 5.65. The maximum Gasteiger partial charge on any atom is 0.124 e. The summed E-state index contributed by atoms with van der Waals surface area (Å²) in [7, 11) is 1.69. The molecule has 2 rings (SSSR count). The van der Waals surface area contributed by atoms with Crippen LogP contribution in [-0.4, -0.2) is 13.2 Å². The highest BCUT2D eigenvalue weighted by Gasteiger charge is 2.25. The van der Waals surface area contributed by atoms with E-state index < -0.39 is 0 Å². The summed E-state index contributed by atoms with van der Waals surface area (Å²) in [5, 5.41) is 0. The van der Waals surface area contributed by atoms with Gasteiger partial charge in [0.1, 0.15) is 5.75 Å². The second kappa shape index (κ2) is 4.71. The van der Waals surface area contributed by atoms with Crippen LogP contribution in [0.15, 0.2) is 36.4 Å². The number of methoxy groups -OCH3 is 1. The van der Waals surface area contributed by atoms with E-state index in [-0.39, 0.29) is 12.2 Å². The summed E-state index contributed by atoms with van der Waals surface area (Å²) >= 11 is 0. The van der Waals surface area contributed by atoms with E-state index in [1.807, 2.05) is 18.2 Å². The number of rotatable bonds is 2. The Morgan fingerprint density at radius 3 is 2.75 bits per heavy atom. The van der Waals surface area contributed by atoms with E-state index in [1.165, 1.54) is 5.57 Å². The first-order valence-electron chi connectivity index (χ1n) is 5.65. The van der Waals surface area contributed by atoms with Gasteiger partial charge in [0.15, 0.2) is 0 Å². The predicted octanol–water partition coefficient (Wildman–Crippen LogP) is 3.49. The molecule has 0 radical (unpaired) electrons. The van der Waals surface area contributed by atoms with Crippen LogP contribution in [0, 0.1) is 0 Å². The number of hydrogen-bond donors (Lipinski definition) is 0. The Bertz CT molecular complexity index is 384. The standard InChI is InChI=1S/C14H18O2/c1-10-8-11(2)16-14(9-10)12-6-4-5-7-13(12)15-3/h4-7,11,14H,1,8-9H2,2-3H3/t11-,14-/m1/s1. The molecule has 1 aromatic rings. The van der Waals surface area contributed by atoms with E-state index in [4.69, 9.17) is 9.47 Å². The smallest absolute Gasteiger partial charge is 0.124 e. The van der Waals surface area contributed by atoms with Crippen LogP contribution in [0.3, 0.4) is 0 Å². The highest BCUT2D eigenvalue weighted by molar-refractivity contribution is 5.36. The SMILES string of the molecule is C=C1C[C@@H](C)O[C@@H](c2ccccc2OC)C1. The maximum atomic E-state index is 5.94. The van der Waals surface area contributed by atoms with Crippen molar-refractivity contribution in [2.75, 3.05) is 7.11 Å².